The quantitative estimate of drug-likeness (QED) is 0.274. The summed E-state index contributed by atoms with van der Waals surface area (Å²) in [6.45, 7) is 11.0. The van der Waals surface area contributed by atoms with Gasteiger partial charge < -0.3 is 20.7 Å². The number of benzene rings is 1. The van der Waals surface area contributed by atoms with Gasteiger partial charge >= 0.3 is 0 Å². The summed E-state index contributed by atoms with van der Waals surface area (Å²) in [7, 11) is 0. The van der Waals surface area contributed by atoms with Gasteiger partial charge in [-0.1, -0.05) is 19.1 Å². The number of ether oxygens (including phenoxy) is 1. The standard InChI is InChI=1S/C20H33N5O2.HI/c1-3-5-19(26)24-18-8-6-17(7-9-18)16-23-20(21-4-2)22-10-11-25-12-14-27-15-13-25;/h6-9H,3-5,10-16H2,1-2H3,(H,24,26)(H2,21,22,23);1H. The molecule has 0 aliphatic carbocycles. The molecule has 0 radical (unpaired) electrons. The smallest absolute Gasteiger partial charge is 0.224 e. The van der Waals surface area contributed by atoms with Gasteiger partial charge in [0.15, 0.2) is 5.96 Å². The zero-order chi connectivity index (χ0) is 19.3. The van der Waals surface area contributed by atoms with E-state index in [-0.39, 0.29) is 29.9 Å². The van der Waals surface area contributed by atoms with Crippen molar-refractivity contribution in [2.24, 2.45) is 4.99 Å². The fourth-order valence-electron chi connectivity index (χ4n) is 2.81. The number of nitrogens with zero attached hydrogens (tertiary/aromatic N) is 2. The molecule has 7 nitrogen and oxygen atoms in total. The second-order valence-electron chi connectivity index (χ2n) is 6.57. The first-order valence-corrected chi connectivity index (χ1v) is 9.92. The van der Waals surface area contributed by atoms with E-state index in [0.29, 0.717) is 13.0 Å². The third-order valence-electron chi connectivity index (χ3n) is 4.30. The SMILES string of the molecule is CCCC(=O)Nc1ccc(CN=C(NCC)NCCN2CCOCC2)cc1.I. The largest absolute Gasteiger partial charge is 0.379 e. The first-order valence-electron chi connectivity index (χ1n) is 9.92. The van der Waals surface area contributed by atoms with Crippen molar-refractivity contribution in [2.45, 2.75) is 33.2 Å². The van der Waals surface area contributed by atoms with Crippen molar-refractivity contribution in [3.8, 4) is 0 Å². The van der Waals surface area contributed by atoms with Crippen LogP contribution in [0.25, 0.3) is 0 Å². The average molecular weight is 503 g/mol. The van der Waals surface area contributed by atoms with Crippen molar-refractivity contribution in [3.05, 3.63) is 29.8 Å². The molecular weight excluding hydrogens is 469 g/mol. The normalized spacial score (nSPS) is 14.9. The summed E-state index contributed by atoms with van der Waals surface area (Å²) in [6.07, 6.45) is 1.40. The number of rotatable bonds is 9. The number of carbonyl (C=O) groups is 1. The van der Waals surface area contributed by atoms with Crippen LogP contribution in [0.3, 0.4) is 0 Å². The minimum atomic E-state index is 0. The number of carbonyl (C=O) groups excluding carboxylic acids is 1. The Morgan fingerprint density at radius 1 is 1.14 bits per heavy atom. The number of halogens is 1. The molecule has 8 heteroatoms. The van der Waals surface area contributed by atoms with Crippen LogP contribution in [0.1, 0.15) is 32.3 Å². The number of hydrogen-bond donors (Lipinski definition) is 3. The fraction of sp³-hybridized carbons (Fsp3) is 0.600. The van der Waals surface area contributed by atoms with Crippen molar-refractivity contribution >= 4 is 41.5 Å². The number of aliphatic imine (C=N–C) groups is 1. The van der Waals surface area contributed by atoms with E-state index in [1.54, 1.807) is 0 Å². The highest BCUT2D eigenvalue weighted by Crippen LogP contribution is 2.11. The van der Waals surface area contributed by atoms with Crippen LogP contribution >= 0.6 is 24.0 Å². The molecule has 0 unspecified atom stereocenters. The Bertz CT molecular complexity index is 589. The Labute approximate surface area is 185 Å². The number of amides is 1. The molecule has 2 rings (SSSR count). The van der Waals surface area contributed by atoms with Gasteiger partial charge in [-0.2, -0.15) is 0 Å². The first kappa shape index (κ1) is 24.6. The van der Waals surface area contributed by atoms with Crippen LogP contribution in [-0.4, -0.2) is 62.7 Å². The van der Waals surface area contributed by atoms with E-state index in [4.69, 9.17) is 4.74 Å². The maximum atomic E-state index is 11.6. The lowest BCUT2D eigenvalue weighted by Crippen LogP contribution is -2.44. The Morgan fingerprint density at radius 3 is 2.50 bits per heavy atom. The summed E-state index contributed by atoms with van der Waals surface area (Å²) >= 11 is 0. The molecule has 0 bridgehead atoms. The summed E-state index contributed by atoms with van der Waals surface area (Å²) in [5.41, 5.74) is 1.94. The average Bonchev–Trinajstić information content (AvgIpc) is 2.68. The van der Waals surface area contributed by atoms with Crippen LogP contribution in [0, 0.1) is 0 Å². The molecule has 1 heterocycles. The Balaban J connectivity index is 0.00000392. The monoisotopic (exact) mass is 503 g/mol. The molecular formula is C20H34IN5O2. The van der Waals surface area contributed by atoms with E-state index in [0.717, 1.165) is 69.6 Å². The molecule has 28 heavy (non-hydrogen) atoms. The van der Waals surface area contributed by atoms with Crippen molar-refractivity contribution in [1.82, 2.24) is 15.5 Å². The maximum Gasteiger partial charge on any atom is 0.224 e. The predicted octanol–water partition coefficient (Wildman–Crippen LogP) is 2.43. The molecule has 0 aromatic heterocycles. The van der Waals surface area contributed by atoms with Crippen LogP contribution < -0.4 is 16.0 Å². The van der Waals surface area contributed by atoms with E-state index < -0.39 is 0 Å². The van der Waals surface area contributed by atoms with Gasteiger partial charge in [0, 0.05) is 44.8 Å². The second-order valence-corrected chi connectivity index (χ2v) is 6.57. The van der Waals surface area contributed by atoms with Crippen LogP contribution in [0.4, 0.5) is 5.69 Å². The van der Waals surface area contributed by atoms with Crippen molar-refractivity contribution in [1.29, 1.82) is 0 Å². The van der Waals surface area contributed by atoms with E-state index >= 15 is 0 Å². The molecule has 1 aliphatic rings. The Morgan fingerprint density at radius 2 is 1.86 bits per heavy atom. The highest BCUT2D eigenvalue weighted by molar-refractivity contribution is 14.0. The van der Waals surface area contributed by atoms with Crippen molar-refractivity contribution in [2.75, 3.05) is 51.3 Å². The van der Waals surface area contributed by atoms with Crippen molar-refractivity contribution in [3.63, 3.8) is 0 Å². The predicted molar refractivity (Wildman–Crippen MR) is 125 cm³/mol. The van der Waals surface area contributed by atoms with Crippen LogP contribution in [0.5, 0.6) is 0 Å². The molecule has 158 valence electrons. The molecule has 0 saturated carbocycles. The van der Waals surface area contributed by atoms with Gasteiger partial charge in [-0.3, -0.25) is 9.69 Å². The number of guanidine groups is 1. The lowest BCUT2D eigenvalue weighted by atomic mass is 10.2. The number of hydrogen-bond acceptors (Lipinski definition) is 4. The summed E-state index contributed by atoms with van der Waals surface area (Å²) in [6, 6.07) is 7.86. The molecule has 0 atom stereocenters. The van der Waals surface area contributed by atoms with E-state index in [1.165, 1.54) is 0 Å². The fourth-order valence-corrected chi connectivity index (χ4v) is 2.81. The maximum absolute atomic E-state index is 11.6. The van der Waals surface area contributed by atoms with Gasteiger partial charge in [0.2, 0.25) is 5.91 Å². The molecule has 1 aromatic carbocycles. The van der Waals surface area contributed by atoms with Crippen molar-refractivity contribution < 1.29 is 9.53 Å². The Kier molecular flexibility index (Phi) is 12.8. The van der Waals surface area contributed by atoms with Gasteiger partial charge in [-0.25, -0.2) is 4.99 Å². The molecule has 1 saturated heterocycles. The molecule has 0 spiro atoms. The number of nitrogens with one attached hydrogen (secondary N) is 3. The number of anilines is 1. The highest BCUT2D eigenvalue weighted by Gasteiger charge is 2.09. The van der Waals surface area contributed by atoms with Crippen LogP contribution in [0.15, 0.2) is 29.3 Å². The summed E-state index contributed by atoms with van der Waals surface area (Å²) < 4.78 is 5.37. The molecule has 1 aliphatic heterocycles. The lowest BCUT2D eigenvalue weighted by Gasteiger charge is -2.26. The van der Waals surface area contributed by atoms with Gasteiger partial charge in [-0.05, 0) is 31.0 Å². The van der Waals surface area contributed by atoms with Crippen LogP contribution in [-0.2, 0) is 16.1 Å². The molecule has 1 amide bonds. The van der Waals surface area contributed by atoms with Gasteiger partial charge in [0.05, 0.1) is 19.8 Å². The minimum Gasteiger partial charge on any atom is -0.379 e. The topological polar surface area (TPSA) is 78.0 Å². The Hall–Kier alpha value is -1.39. The zero-order valence-corrected chi connectivity index (χ0v) is 19.3. The van der Waals surface area contributed by atoms with E-state index in [9.17, 15) is 4.79 Å². The zero-order valence-electron chi connectivity index (χ0n) is 17.0. The van der Waals surface area contributed by atoms with Gasteiger partial charge in [-0.15, -0.1) is 24.0 Å². The second kappa shape index (κ2) is 14.6. The minimum absolute atomic E-state index is 0. The molecule has 1 fully saturated rings. The van der Waals surface area contributed by atoms with Gasteiger partial charge in [0.1, 0.15) is 0 Å². The van der Waals surface area contributed by atoms with Gasteiger partial charge in [0.25, 0.3) is 0 Å². The van der Waals surface area contributed by atoms with E-state index in [1.807, 2.05) is 31.2 Å². The molecule has 1 aromatic rings. The van der Waals surface area contributed by atoms with Crippen LogP contribution in [0.2, 0.25) is 0 Å². The lowest BCUT2D eigenvalue weighted by molar-refractivity contribution is -0.116. The highest BCUT2D eigenvalue weighted by atomic mass is 127. The summed E-state index contributed by atoms with van der Waals surface area (Å²) in [5.74, 6) is 0.883. The molecule has 3 N–H and O–H groups in total. The first-order chi connectivity index (χ1) is 13.2. The summed E-state index contributed by atoms with van der Waals surface area (Å²) in [5, 5.41) is 9.57. The number of morpholine rings is 1. The van der Waals surface area contributed by atoms with E-state index in [2.05, 4.69) is 32.8 Å². The summed E-state index contributed by atoms with van der Waals surface area (Å²) in [4.78, 5) is 18.7. The third kappa shape index (κ3) is 9.70. The third-order valence-corrected chi connectivity index (χ3v) is 4.30.